The summed E-state index contributed by atoms with van der Waals surface area (Å²) < 4.78 is 5.47. The van der Waals surface area contributed by atoms with Gasteiger partial charge >= 0.3 is 0 Å². The van der Waals surface area contributed by atoms with Gasteiger partial charge in [-0.3, -0.25) is 0 Å². The lowest BCUT2D eigenvalue weighted by molar-refractivity contribution is 0.0659. The summed E-state index contributed by atoms with van der Waals surface area (Å²) in [6.07, 6.45) is 3.24. The van der Waals surface area contributed by atoms with Crippen LogP contribution < -0.4 is 5.32 Å². The van der Waals surface area contributed by atoms with E-state index < -0.39 is 0 Å². The van der Waals surface area contributed by atoms with Crippen LogP contribution in [0.3, 0.4) is 0 Å². The predicted molar refractivity (Wildman–Crippen MR) is 68.1 cm³/mol. The van der Waals surface area contributed by atoms with E-state index in [-0.39, 0.29) is 6.04 Å². The average molecular weight is 235 g/mol. The van der Waals surface area contributed by atoms with Crippen molar-refractivity contribution in [3.05, 3.63) is 29.8 Å². The molecule has 0 aliphatic carbocycles. The Kier molecular flexibility index (Phi) is 4.40. The third-order valence-corrected chi connectivity index (χ3v) is 3.32. The average Bonchev–Trinajstić information content (AvgIpc) is 2.38. The number of ether oxygens (including phenoxy) is 1. The zero-order valence-corrected chi connectivity index (χ0v) is 10.4. The standard InChI is InChI=1S/C14H21NO2/c1-2-13(12-7-3-4-8-14(12)16)15-11-6-5-9-17-10-11/h3-4,7-8,11,13,15-16H,2,5-6,9-10H2,1H3. The molecule has 2 atom stereocenters. The van der Waals surface area contributed by atoms with Crippen LogP contribution >= 0.6 is 0 Å². The van der Waals surface area contributed by atoms with Gasteiger partial charge in [-0.05, 0) is 25.3 Å². The largest absolute Gasteiger partial charge is 0.508 e. The van der Waals surface area contributed by atoms with E-state index in [4.69, 9.17) is 4.74 Å². The summed E-state index contributed by atoms with van der Waals surface area (Å²) in [4.78, 5) is 0. The van der Waals surface area contributed by atoms with Crippen molar-refractivity contribution in [3.8, 4) is 5.75 Å². The molecule has 1 saturated heterocycles. The maximum absolute atomic E-state index is 9.87. The molecule has 0 bridgehead atoms. The third kappa shape index (κ3) is 3.20. The maximum atomic E-state index is 9.87. The number of hydrogen-bond donors (Lipinski definition) is 2. The van der Waals surface area contributed by atoms with Gasteiger partial charge in [0.05, 0.1) is 6.61 Å². The number of phenolic OH excluding ortho intramolecular Hbond substituents is 1. The van der Waals surface area contributed by atoms with Crippen LogP contribution in [0.1, 0.15) is 37.8 Å². The Morgan fingerprint density at radius 2 is 2.29 bits per heavy atom. The van der Waals surface area contributed by atoms with Crippen molar-refractivity contribution in [3.63, 3.8) is 0 Å². The molecule has 3 nitrogen and oxygen atoms in total. The summed E-state index contributed by atoms with van der Waals surface area (Å²) >= 11 is 0. The van der Waals surface area contributed by atoms with Crippen molar-refractivity contribution in [2.45, 2.75) is 38.3 Å². The van der Waals surface area contributed by atoms with E-state index in [2.05, 4.69) is 12.2 Å². The number of nitrogens with one attached hydrogen (secondary N) is 1. The summed E-state index contributed by atoms with van der Waals surface area (Å²) in [5.41, 5.74) is 0.987. The Balaban J connectivity index is 2.03. The van der Waals surface area contributed by atoms with Crippen molar-refractivity contribution in [1.82, 2.24) is 5.32 Å². The minimum absolute atomic E-state index is 0.211. The molecule has 0 amide bonds. The van der Waals surface area contributed by atoms with E-state index in [0.717, 1.165) is 38.0 Å². The van der Waals surface area contributed by atoms with Gasteiger partial charge in [-0.1, -0.05) is 25.1 Å². The fraction of sp³-hybridized carbons (Fsp3) is 0.571. The summed E-state index contributed by atoms with van der Waals surface area (Å²) in [6, 6.07) is 8.18. The van der Waals surface area contributed by atoms with E-state index in [1.54, 1.807) is 6.07 Å². The Hall–Kier alpha value is -1.06. The second kappa shape index (κ2) is 6.03. The monoisotopic (exact) mass is 235 g/mol. The second-order valence-electron chi connectivity index (χ2n) is 4.60. The molecule has 1 aliphatic rings. The van der Waals surface area contributed by atoms with Crippen LogP contribution in [-0.2, 0) is 4.74 Å². The first-order chi connectivity index (χ1) is 8.31. The zero-order valence-electron chi connectivity index (χ0n) is 10.4. The van der Waals surface area contributed by atoms with Crippen molar-refractivity contribution >= 4 is 0 Å². The first-order valence-electron chi connectivity index (χ1n) is 6.43. The smallest absolute Gasteiger partial charge is 0.120 e. The van der Waals surface area contributed by atoms with Crippen LogP contribution in [0, 0.1) is 0 Å². The number of benzene rings is 1. The molecule has 2 rings (SSSR count). The third-order valence-electron chi connectivity index (χ3n) is 3.32. The highest BCUT2D eigenvalue weighted by Crippen LogP contribution is 2.26. The van der Waals surface area contributed by atoms with Gasteiger partial charge in [0.2, 0.25) is 0 Å². The van der Waals surface area contributed by atoms with Crippen LogP contribution in [0.2, 0.25) is 0 Å². The first-order valence-corrected chi connectivity index (χ1v) is 6.43. The fourth-order valence-corrected chi connectivity index (χ4v) is 2.37. The van der Waals surface area contributed by atoms with E-state index in [0.29, 0.717) is 11.8 Å². The number of rotatable bonds is 4. The first kappa shape index (κ1) is 12.4. The van der Waals surface area contributed by atoms with Crippen LogP contribution in [0.5, 0.6) is 5.75 Å². The summed E-state index contributed by atoms with van der Waals surface area (Å²) in [7, 11) is 0. The van der Waals surface area contributed by atoms with Crippen molar-refractivity contribution in [2.75, 3.05) is 13.2 Å². The Morgan fingerprint density at radius 1 is 1.47 bits per heavy atom. The Morgan fingerprint density at radius 3 is 2.94 bits per heavy atom. The minimum atomic E-state index is 0.211. The molecule has 1 aromatic carbocycles. The Bertz CT molecular complexity index is 348. The maximum Gasteiger partial charge on any atom is 0.120 e. The topological polar surface area (TPSA) is 41.5 Å². The van der Waals surface area contributed by atoms with Gasteiger partial charge in [-0.15, -0.1) is 0 Å². The van der Waals surface area contributed by atoms with E-state index in [1.165, 1.54) is 0 Å². The quantitative estimate of drug-likeness (QED) is 0.843. The summed E-state index contributed by atoms with van der Waals surface area (Å²) in [5, 5.41) is 13.4. The molecule has 0 aromatic heterocycles. The van der Waals surface area contributed by atoms with Crippen molar-refractivity contribution in [1.29, 1.82) is 0 Å². The van der Waals surface area contributed by atoms with Crippen LogP contribution in [0.15, 0.2) is 24.3 Å². The fourth-order valence-electron chi connectivity index (χ4n) is 2.37. The van der Waals surface area contributed by atoms with Crippen LogP contribution in [0.25, 0.3) is 0 Å². The number of phenols is 1. The van der Waals surface area contributed by atoms with Gasteiger partial charge in [0.25, 0.3) is 0 Å². The second-order valence-corrected chi connectivity index (χ2v) is 4.60. The number of aromatic hydroxyl groups is 1. The molecule has 2 unspecified atom stereocenters. The highest BCUT2D eigenvalue weighted by molar-refractivity contribution is 5.34. The van der Waals surface area contributed by atoms with Gasteiger partial charge in [0, 0.05) is 24.3 Å². The molecular formula is C14H21NO2. The van der Waals surface area contributed by atoms with E-state index in [1.807, 2.05) is 18.2 Å². The van der Waals surface area contributed by atoms with Gasteiger partial charge in [0.15, 0.2) is 0 Å². The summed E-state index contributed by atoms with van der Waals surface area (Å²) in [6.45, 7) is 3.80. The molecule has 1 aliphatic heterocycles. The zero-order chi connectivity index (χ0) is 12.1. The predicted octanol–water partition coefficient (Wildman–Crippen LogP) is 2.61. The molecule has 1 fully saturated rings. The van der Waals surface area contributed by atoms with Crippen LogP contribution in [-0.4, -0.2) is 24.4 Å². The van der Waals surface area contributed by atoms with Gasteiger partial charge < -0.3 is 15.2 Å². The normalized spacial score (nSPS) is 22.3. The van der Waals surface area contributed by atoms with Crippen molar-refractivity contribution < 1.29 is 9.84 Å². The molecule has 1 heterocycles. The lowest BCUT2D eigenvalue weighted by Crippen LogP contribution is -2.39. The lowest BCUT2D eigenvalue weighted by Gasteiger charge is -2.28. The van der Waals surface area contributed by atoms with E-state index in [9.17, 15) is 5.11 Å². The van der Waals surface area contributed by atoms with Gasteiger partial charge in [-0.25, -0.2) is 0 Å². The molecule has 17 heavy (non-hydrogen) atoms. The van der Waals surface area contributed by atoms with Crippen LogP contribution in [0.4, 0.5) is 0 Å². The highest BCUT2D eigenvalue weighted by atomic mass is 16.5. The highest BCUT2D eigenvalue weighted by Gasteiger charge is 2.19. The molecular weight excluding hydrogens is 214 g/mol. The molecule has 94 valence electrons. The van der Waals surface area contributed by atoms with Crippen molar-refractivity contribution in [2.24, 2.45) is 0 Å². The minimum Gasteiger partial charge on any atom is -0.508 e. The molecule has 3 heteroatoms. The molecule has 1 aromatic rings. The molecule has 0 radical (unpaired) electrons. The molecule has 2 N–H and O–H groups in total. The lowest BCUT2D eigenvalue weighted by atomic mass is 10.0. The molecule has 0 saturated carbocycles. The summed E-state index contributed by atoms with van der Waals surface area (Å²) in [5.74, 6) is 0.378. The van der Waals surface area contributed by atoms with Gasteiger partial charge in [0.1, 0.15) is 5.75 Å². The van der Waals surface area contributed by atoms with E-state index >= 15 is 0 Å². The SMILES string of the molecule is CCC(NC1CCCOC1)c1ccccc1O. The Labute approximate surface area is 103 Å². The number of para-hydroxylation sites is 1. The van der Waals surface area contributed by atoms with Gasteiger partial charge in [-0.2, -0.15) is 0 Å². The molecule has 0 spiro atoms. The number of hydrogen-bond acceptors (Lipinski definition) is 3.